The molecule has 0 saturated carbocycles. The number of anilines is 2. The van der Waals surface area contributed by atoms with Crippen molar-refractivity contribution in [2.24, 2.45) is 0 Å². The molecule has 30 heavy (non-hydrogen) atoms. The number of hydrogen-bond donors (Lipinski definition) is 4. The van der Waals surface area contributed by atoms with E-state index in [-0.39, 0.29) is 40.1 Å². The van der Waals surface area contributed by atoms with E-state index in [1.807, 2.05) is 22.0 Å². The van der Waals surface area contributed by atoms with Gasteiger partial charge in [-0.05, 0) is 61.9 Å². The normalized spacial score (nSPS) is 11.4. The maximum atomic E-state index is 14.2. The number of amides is 1. The molecule has 0 bridgehead atoms. The van der Waals surface area contributed by atoms with Crippen LogP contribution in [-0.2, 0) is 4.74 Å². The van der Waals surface area contributed by atoms with Crippen LogP contribution in [0.15, 0.2) is 18.3 Å². The maximum absolute atomic E-state index is 14.2. The highest BCUT2D eigenvalue weighted by Gasteiger charge is 2.27. The number of ether oxygens (including phenoxy) is 1. The van der Waals surface area contributed by atoms with Gasteiger partial charge in [-0.2, -0.15) is 0 Å². The Kier molecular flexibility index (Phi) is 7.70. The van der Waals surface area contributed by atoms with Gasteiger partial charge in [0.25, 0.3) is 0 Å². The van der Waals surface area contributed by atoms with Crippen molar-refractivity contribution >= 4 is 57.9 Å². The number of hydrogen-bond acceptors (Lipinski definition) is 7. The first-order valence-corrected chi connectivity index (χ1v) is 12.8. The number of nitrogens with one attached hydrogen (secondary N) is 3. The Morgan fingerprint density at radius 1 is 1.33 bits per heavy atom. The Morgan fingerprint density at radius 3 is 2.57 bits per heavy atom. The molecule has 1 aromatic heterocycles. The summed E-state index contributed by atoms with van der Waals surface area (Å²) in [6.45, 7) is 6.60. The van der Waals surface area contributed by atoms with Gasteiger partial charge in [0.05, 0.1) is 28.8 Å². The number of carbonyl (C=O) groups is 2. The van der Waals surface area contributed by atoms with Gasteiger partial charge in [-0.1, -0.05) is 0 Å². The van der Waals surface area contributed by atoms with Gasteiger partial charge in [0.1, 0.15) is 17.2 Å². The van der Waals surface area contributed by atoms with Crippen molar-refractivity contribution in [3.05, 3.63) is 46.5 Å². The first-order valence-electron chi connectivity index (χ1n) is 8.68. The van der Waals surface area contributed by atoms with Crippen LogP contribution >= 0.6 is 28.4 Å². The number of rotatable bonds is 6. The largest absolute Gasteiger partial charge is 0.505 e. The predicted octanol–water partition coefficient (Wildman–Crippen LogP) is 5.17. The molecule has 0 aliphatic carbocycles. The molecule has 160 valence electrons. The number of nitrogens with zero attached hydrogens (tertiary/aromatic N) is 1. The van der Waals surface area contributed by atoms with E-state index >= 15 is 0 Å². The van der Waals surface area contributed by atoms with Gasteiger partial charge in [-0.3, -0.25) is 15.1 Å². The number of carbonyl (C=O) groups excluding carboxylic acids is 2. The van der Waals surface area contributed by atoms with Crippen LogP contribution in [0, 0.1) is 18.2 Å². The molecule has 0 spiro atoms. The zero-order valence-corrected chi connectivity index (χ0v) is 19.8. The Labute approximate surface area is 187 Å². The highest BCUT2D eigenvalue weighted by atomic mass is 127. The molecule has 0 aliphatic rings. The number of pyridine rings is 1. The quantitative estimate of drug-likeness (QED) is 0.172. The minimum absolute atomic E-state index is 0.00972. The Balaban J connectivity index is 2.61. The zero-order valence-electron chi connectivity index (χ0n) is 16.7. The van der Waals surface area contributed by atoms with Crippen molar-refractivity contribution in [3.63, 3.8) is 0 Å². The van der Waals surface area contributed by atoms with Crippen LogP contribution in [0.4, 0.5) is 20.6 Å². The van der Waals surface area contributed by atoms with Gasteiger partial charge in [0, 0.05) is 23.7 Å². The molecule has 4 N–H and O–H groups in total. The lowest BCUT2D eigenvalue weighted by molar-refractivity contribution is 0.0635. The topological polar surface area (TPSA) is 124 Å². The van der Waals surface area contributed by atoms with Crippen LogP contribution < -0.4 is 10.4 Å². The molecule has 8 nitrogen and oxygen atoms in total. The summed E-state index contributed by atoms with van der Waals surface area (Å²) < 4.78 is 19.4. The first kappa shape index (κ1) is 23.9. The number of halogens is 2. The van der Waals surface area contributed by atoms with Gasteiger partial charge >= 0.3 is 6.09 Å². The molecule has 1 amide bonds. The van der Waals surface area contributed by atoms with Crippen molar-refractivity contribution in [1.82, 2.24) is 4.98 Å². The number of aromatic hydroxyl groups is 1. The van der Waals surface area contributed by atoms with Crippen molar-refractivity contribution in [1.29, 1.82) is 5.41 Å². The highest BCUT2D eigenvalue weighted by Crippen LogP contribution is 2.35. The molecule has 1 heterocycles. The van der Waals surface area contributed by atoms with E-state index in [1.165, 1.54) is 6.07 Å². The minimum Gasteiger partial charge on any atom is -0.505 e. The summed E-state index contributed by atoms with van der Waals surface area (Å²) in [5.74, 6) is -1.79. The lowest BCUT2D eigenvalue weighted by atomic mass is 9.95. The van der Waals surface area contributed by atoms with Gasteiger partial charge < -0.3 is 20.3 Å². The van der Waals surface area contributed by atoms with Gasteiger partial charge in [-0.25, -0.2) is 9.18 Å². The Hall–Kier alpha value is -2.33. The number of ketones is 1. The maximum Gasteiger partial charge on any atom is 0.412 e. The average Bonchev–Trinajstić information content (AvgIpc) is 2.64. The molecule has 1 aromatic carbocycles. The smallest absolute Gasteiger partial charge is 0.412 e. The molecule has 0 radical (unpaired) electrons. The fourth-order valence-corrected chi connectivity index (χ4v) is 3.79. The molecule has 2 aromatic rings. The molecular formula is C19H21FIN4O4P. The van der Waals surface area contributed by atoms with Gasteiger partial charge in [0.15, 0.2) is 5.78 Å². The molecule has 0 saturated heterocycles. The monoisotopic (exact) mass is 546 g/mol. The zero-order chi connectivity index (χ0) is 22.6. The summed E-state index contributed by atoms with van der Waals surface area (Å²) in [5, 5.41) is 23.3. The summed E-state index contributed by atoms with van der Waals surface area (Å²) >= 11 is 2.00. The third-order valence-corrected chi connectivity index (χ3v) is 5.01. The predicted molar refractivity (Wildman–Crippen MR) is 124 cm³/mol. The molecule has 2 rings (SSSR count). The minimum atomic E-state index is -0.827. The van der Waals surface area contributed by atoms with Crippen LogP contribution in [0.3, 0.4) is 0 Å². The van der Waals surface area contributed by atoms with Crippen molar-refractivity contribution in [3.8, 4) is 5.75 Å². The fourth-order valence-electron chi connectivity index (χ4n) is 2.63. The van der Waals surface area contributed by atoms with Crippen LogP contribution in [0.25, 0.3) is 0 Å². The second-order valence-corrected chi connectivity index (χ2v) is 9.24. The van der Waals surface area contributed by atoms with E-state index in [4.69, 9.17) is 10.1 Å². The molecule has 1 atom stereocenters. The number of aryl methyl sites for hydroxylation is 1. The van der Waals surface area contributed by atoms with E-state index in [0.29, 0.717) is 0 Å². The molecule has 0 aliphatic heterocycles. The van der Waals surface area contributed by atoms with E-state index in [9.17, 15) is 19.1 Å². The standard InChI is InChI=1S/C19H21FIN4O4P/c1-9-15(24-18(28)29-19(2,3)4)14(13(26)8-23-9)17(27)10-5-6-12(20)16(25-30-21)11(10)7-22/h5-8,22,25-26,30H,1-4H3,(H,24,28). The SMILES string of the molecule is Cc1ncc(O)c(C(=O)c2ccc(F)c(NPI)c2C=N)c1NC(=O)OC(C)(C)C. The highest BCUT2D eigenvalue weighted by molar-refractivity contribution is 14.2. The van der Waals surface area contributed by atoms with Crippen molar-refractivity contribution in [2.75, 3.05) is 10.4 Å². The van der Waals surface area contributed by atoms with E-state index in [1.54, 1.807) is 27.7 Å². The van der Waals surface area contributed by atoms with Gasteiger partial charge in [-0.15, -0.1) is 0 Å². The third-order valence-electron chi connectivity index (χ3n) is 3.86. The van der Waals surface area contributed by atoms with E-state index in [0.717, 1.165) is 18.5 Å². The van der Waals surface area contributed by atoms with E-state index < -0.39 is 29.0 Å². The van der Waals surface area contributed by atoms with Crippen LogP contribution in [0.5, 0.6) is 5.75 Å². The number of benzene rings is 1. The first-order chi connectivity index (χ1) is 14.0. The van der Waals surface area contributed by atoms with Crippen LogP contribution in [0.2, 0.25) is 0 Å². The molecule has 1 unspecified atom stereocenters. The summed E-state index contributed by atoms with van der Waals surface area (Å²) in [4.78, 5) is 29.6. The van der Waals surface area contributed by atoms with Crippen LogP contribution in [-0.4, -0.2) is 33.8 Å². The molecule has 0 fully saturated rings. The summed E-state index contributed by atoms with van der Waals surface area (Å²) in [6, 6.07) is 2.33. The summed E-state index contributed by atoms with van der Waals surface area (Å²) in [6.07, 6.45) is 1.22. The number of aromatic nitrogens is 1. The lowest BCUT2D eigenvalue weighted by Crippen LogP contribution is -2.28. The van der Waals surface area contributed by atoms with Crippen molar-refractivity contribution in [2.45, 2.75) is 33.3 Å². The second kappa shape index (κ2) is 9.65. The summed E-state index contributed by atoms with van der Waals surface area (Å²) in [5.41, 5.74) is -0.746. The Morgan fingerprint density at radius 2 is 2.00 bits per heavy atom. The lowest BCUT2D eigenvalue weighted by Gasteiger charge is -2.21. The van der Waals surface area contributed by atoms with Gasteiger partial charge in [0.2, 0.25) is 0 Å². The fraction of sp³-hybridized carbons (Fsp3) is 0.263. The molecular weight excluding hydrogens is 525 g/mol. The van der Waals surface area contributed by atoms with Crippen LogP contribution in [0.1, 0.15) is 48.0 Å². The molecule has 11 heteroatoms. The second-order valence-electron chi connectivity index (χ2n) is 7.18. The third kappa shape index (κ3) is 5.42. The van der Waals surface area contributed by atoms with E-state index in [2.05, 4.69) is 15.4 Å². The van der Waals surface area contributed by atoms with Crippen molar-refractivity contribution < 1.29 is 23.8 Å². The average molecular weight is 546 g/mol. The Bertz CT molecular complexity index is 1010. The summed E-state index contributed by atoms with van der Waals surface area (Å²) in [7, 11) is 0.